The van der Waals surface area contributed by atoms with Gasteiger partial charge in [-0.25, -0.2) is 0 Å². The van der Waals surface area contributed by atoms with Gasteiger partial charge >= 0.3 is 0 Å². The number of allylic oxidation sites excluding steroid dienone is 5. The SMILES string of the molecule is C=CSC(=C/C)/C(C=C)=C(/C)C=C. The van der Waals surface area contributed by atoms with Crippen LogP contribution in [0.2, 0.25) is 0 Å². The van der Waals surface area contributed by atoms with Crippen LogP contribution in [0.1, 0.15) is 13.8 Å². The van der Waals surface area contributed by atoms with Crippen molar-refractivity contribution in [1.29, 1.82) is 0 Å². The van der Waals surface area contributed by atoms with Crippen molar-refractivity contribution in [1.82, 2.24) is 0 Å². The summed E-state index contributed by atoms with van der Waals surface area (Å²) < 4.78 is 0. The maximum absolute atomic E-state index is 3.79. The van der Waals surface area contributed by atoms with Crippen molar-refractivity contribution in [2.24, 2.45) is 0 Å². The molecule has 0 unspecified atom stereocenters. The number of thioether (sulfide) groups is 1. The lowest BCUT2D eigenvalue weighted by atomic mass is 10.1. The molecule has 0 rings (SSSR count). The van der Waals surface area contributed by atoms with E-state index in [1.165, 1.54) is 4.91 Å². The average molecular weight is 192 g/mol. The molecule has 0 amide bonds. The van der Waals surface area contributed by atoms with Crippen molar-refractivity contribution < 1.29 is 0 Å². The third kappa shape index (κ3) is 3.51. The van der Waals surface area contributed by atoms with Crippen LogP contribution in [0.4, 0.5) is 0 Å². The Balaban J connectivity index is 5.06. The van der Waals surface area contributed by atoms with Crippen molar-refractivity contribution in [2.75, 3.05) is 0 Å². The lowest BCUT2D eigenvalue weighted by Gasteiger charge is -2.07. The fourth-order valence-electron chi connectivity index (χ4n) is 0.943. The number of hydrogen-bond acceptors (Lipinski definition) is 1. The molecule has 0 N–H and O–H groups in total. The lowest BCUT2D eigenvalue weighted by Crippen LogP contribution is -1.84. The first-order chi connectivity index (χ1) is 6.21. The summed E-state index contributed by atoms with van der Waals surface area (Å²) in [6.45, 7) is 15.2. The van der Waals surface area contributed by atoms with Crippen molar-refractivity contribution in [3.63, 3.8) is 0 Å². The normalized spacial score (nSPS) is 13.2. The van der Waals surface area contributed by atoms with E-state index in [9.17, 15) is 0 Å². The summed E-state index contributed by atoms with van der Waals surface area (Å²) in [4.78, 5) is 1.17. The van der Waals surface area contributed by atoms with Crippen LogP contribution in [-0.4, -0.2) is 0 Å². The minimum atomic E-state index is 1.13. The monoisotopic (exact) mass is 192 g/mol. The Bertz CT molecular complexity index is 267. The zero-order valence-corrected chi connectivity index (χ0v) is 9.16. The van der Waals surface area contributed by atoms with E-state index in [4.69, 9.17) is 0 Å². The Labute approximate surface area is 85.4 Å². The number of rotatable bonds is 5. The van der Waals surface area contributed by atoms with Crippen molar-refractivity contribution in [2.45, 2.75) is 13.8 Å². The average Bonchev–Trinajstić information content (AvgIpc) is 2.17. The summed E-state index contributed by atoms with van der Waals surface area (Å²) in [6.07, 6.45) is 5.74. The highest BCUT2D eigenvalue weighted by Crippen LogP contribution is 2.27. The van der Waals surface area contributed by atoms with Gasteiger partial charge in [0.05, 0.1) is 0 Å². The van der Waals surface area contributed by atoms with Gasteiger partial charge in [-0.05, 0) is 30.4 Å². The first-order valence-electron chi connectivity index (χ1n) is 4.11. The maximum atomic E-state index is 3.79. The second kappa shape index (κ2) is 6.55. The molecule has 0 saturated carbocycles. The smallest absolute Gasteiger partial charge is 0.0148 e. The fraction of sp³-hybridized carbons (Fsp3) is 0.167. The predicted molar refractivity (Wildman–Crippen MR) is 64.6 cm³/mol. The first kappa shape index (κ1) is 12.0. The van der Waals surface area contributed by atoms with Crippen molar-refractivity contribution in [3.8, 4) is 0 Å². The van der Waals surface area contributed by atoms with Crippen molar-refractivity contribution in [3.05, 3.63) is 59.4 Å². The molecule has 0 aromatic rings. The molecule has 0 bridgehead atoms. The number of hydrogen-bond donors (Lipinski definition) is 0. The molecule has 0 radical (unpaired) electrons. The fourth-order valence-corrected chi connectivity index (χ4v) is 1.63. The van der Waals surface area contributed by atoms with Gasteiger partial charge in [-0.15, -0.1) is 0 Å². The van der Waals surface area contributed by atoms with Gasteiger partial charge in [0.15, 0.2) is 0 Å². The quantitative estimate of drug-likeness (QED) is 0.580. The van der Waals surface area contributed by atoms with E-state index in [1.807, 2.05) is 31.4 Å². The zero-order valence-electron chi connectivity index (χ0n) is 8.34. The highest BCUT2D eigenvalue weighted by Gasteiger charge is 2.01. The lowest BCUT2D eigenvalue weighted by molar-refractivity contribution is 1.44. The van der Waals surface area contributed by atoms with Gasteiger partial charge in [0.25, 0.3) is 0 Å². The molecule has 0 aromatic carbocycles. The Hall–Kier alpha value is -0.950. The van der Waals surface area contributed by atoms with Gasteiger partial charge in [-0.2, -0.15) is 0 Å². The second-order valence-corrected chi connectivity index (χ2v) is 3.45. The van der Waals surface area contributed by atoms with Crippen LogP contribution in [0.3, 0.4) is 0 Å². The standard InChI is InChI=1S/C12H16S/c1-6-10(5)11(7-2)12(8-3)13-9-4/h6-9H,1-2,4H2,3,5H3/b11-10-,12-8+. The summed E-state index contributed by atoms with van der Waals surface area (Å²) in [5, 5.41) is 1.81. The van der Waals surface area contributed by atoms with E-state index in [0.717, 1.165) is 11.1 Å². The molecule has 1 heteroatoms. The highest BCUT2D eigenvalue weighted by molar-refractivity contribution is 8.06. The Morgan fingerprint density at radius 2 is 1.77 bits per heavy atom. The topological polar surface area (TPSA) is 0 Å². The summed E-state index contributed by atoms with van der Waals surface area (Å²) in [5.41, 5.74) is 2.26. The van der Waals surface area contributed by atoms with Gasteiger partial charge in [-0.3, -0.25) is 0 Å². The Morgan fingerprint density at radius 1 is 1.15 bits per heavy atom. The summed E-state index contributed by atoms with van der Waals surface area (Å²) in [6, 6.07) is 0. The highest BCUT2D eigenvalue weighted by atomic mass is 32.2. The van der Waals surface area contributed by atoms with Crippen LogP contribution < -0.4 is 0 Å². The van der Waals surface area contributed by atoms with Gasteiger partial charge in [0.2, 0.25) is 0 Å². The van der Waals surface area contributed by atoms with E-state index in [-0.39, 0.29) is 0 Å². The largest absolute Gasteiger partial charge is 0.0988 e. The minimum absolute atomic E-state index is 1.13. The van der Waals surface area contributed by atoms with Gasteiger partial charge in [0, 0.05) is 4.91 Å². The maximum Gasteiger partial charge on any atom is 0.0148 e. The molecular formula is C12H16S. The van der Waals surface area contributed by atoms with E-state index < -0.39 is 0 Å². The predicted octanol–water partition coefficient (Wildman–Crippen LogP) is 4.46. The molecule has 0 saturated heterocycles. The van der Waals surface area contributed by atoms with Crippen LogP contribution >= 0.6 is 11.8 Å². The van der Waals surface area contributed by atoms with Crippen LogP contribution in [0, 0.1) is 0 Å². The second-order valence-electron chi connectivity index (χ2n) is 2.44. The molecule has 70 valence electrons. The van der Waals surface area contributed by atoms with Crippen LogP contribution in [0.25, 0.3) is 0 Å². The molecule has 0 fully saturated rings. The van der Waals surface area contributed by atoms with Gasteiger partial charge in [-0.1, -0.05) is 49.7 Å². The van der Waals surface area contributed by atoms with Gasteiger partial charge in [0.1, 0.15) is 0 Å². The Morgan fingerprint density at radius 3 is 2.08 bits per heavy atom. The van der Waals surface area contributed by atoms with Crippen LogP contribution in [0.5, 0.6) is 0 Å². The molecule has 0 aliphatic rings. The summed E-state index contributed by atoms with van der Waals surface area (Å²) in [5.74, 6) is 0. The molecule has 13 heavy (non-hydrogen) atoms. The van der Waals surface area contributed by atoms with E-state index in [1.54, 1.807) is 11.8 Å². The third-order valence-electron chi connectivity index (χ3n) is 1.67. The molecule has 0 aliphatic carbocycles. The molecule has 0 aliphatic heterocycles. The summed E-state index contributed by atoms with van der Waals surface area (Å²) >= 11 is 1.60. The van der Waals surface area contributed by atoms with Crippen LogP contribution in [-0.2, 0) is 0 Å². The molecule has 0 spiro atoms. The van der Waals surface area contributed by atoms with E-state index >= 15 is 0 Å². The molecule has 0 atom stereocenters. The molecule has 0 nitrogen and oxygen atoms in total. The minimum Gasteiger partial charge on any atom is -0.0988 e. The van der Waals surface area contributed by atoms with E-state index in [0.29, 0.717) is 0 Å². The molecule has 0 aromatic heterocycles. The zero-order chi connectivity index (χ0) is 10.3. The third-order valence-corrected chi connectivity index (χ3v) is 2.55. The van der Waals surface area contributed by atoms with Crippen LogP contribution in [0.15, 0.2) is 59.4 Å². The summed E-state index contributed by atoms with van der Waals surface area (Å²) in [7, 11) is 0. The van der Waals surface area contributed by atoms with E-state index in [2.05, 4.69) is 25.8 Å². The van der Waals surface area contributed by atoms with Gasteiger partial charge < -0.3 is 0 Å². The molecular weight excluding hydrogens is 176 g/mol. The first-order valence-corrected chi connectivity index (χ1v) is 4.99. The van der Waals surface area contributed by atoms with Crippen molar-refractivity contribution >= 4 is 11.8 Å². The molecule has 0 heterocycles. The Kier molecular flexibility index (Phi) is 6.07.